The van der Waals surface area contributed by atoms with E-state index in [-0.39, 0.29) is 0 Å². The van der Waals surface area contributed by atoms with Crippen molar-refractivity contribution >= 4 is 5.69 Å². The van der Waals surface area contributed by atoms with Crippen molar-refractivity contribution in [3.05, 3.63) is 29.8 Å². The maximum absolute atomic E-state index is 5.62. The summed E-state index contributed by atoms with van der Waals surface area (Å²) in [6, 6.07) is 9.24. The predicted molar refractivity (Wildman–Crippen MR) is 73.3 cm³/mol. The first-order valence-electron chi connectivity index (χ1n) is 6.41. The largest absolute Gasteiger partial charge is 0.370 e. The molecule has 3 heteroatoms. The van der Waals surface area contributed by atoms with Crippen molar-refractivity contribution < 1.29 is 0 Å². The Morgan fingerprint density at radius 2 is 2.06 bits per heavy atom. The summed E-state index contributed by atoms with van der Waals surface area (Å²) in [7, 11) is 4.40. The van der Waals surface area contributed by atoms with Crippen molar-refractivity contribution in [3.8, 4) is 0 Å². The minimum Gasteiger partial charge on any atom is -0.370 e. The van der Waals surface area contributed by atoms with Crippen LogP contribution in [0.25, 0.3) is 0 Å². The first-order chi connectivity index (χ1) is 8.20. The maximum Gasteiger partial charge on any atom is 0.0414 e. The van der Waals surface area contributed by atoms with Crippen molar-refractivity contribution in [3.63, 3.8) is 0 Å². The van der Waals surface area contributed by atoms with Gasteiger partial charge in [0.25, 0.3) is 0 Å². The Morgan fingerprint density at radius 1 is 1.35 bits per heavy atom. The highest BCUT2D eigenvalue weighted by Gasteiger charge is 2.21. The van der Waals surface area contributed by atoms with E-state index in [4.69, 9.17) is 5.73 Å². The zero-order valence-electron chi connectivity index (χ0n) is 10.9. The summed E-state index contributed by atoms with van der Waals surface area (Å²) in [6.07, 6.45) is 2.59. The van der Waals surface area contributed by atoms with E-state index in [2.05, 4.69) is 48.2 Å². The summed E-state index contributed by atoms with van der Waals surface area (Å²) in [6.45, 7) is 3.02. The van der Waals surface area contributed by atoms with Gasteiger partial charge in [-0.2, -0.15) is 0 Å². The molecule has 1 aliphatic heterocycles. The Kier molecular flexibility index (Phi) is 4.02. The van der Waals surface area contributed by atoms with E-state index < -0.39 is 0 Å². The number of anilines is 1. The third-order valence-electron chi connectivity index (χ3n) is 3.73. The van der Waals surface area contributed by atoms with E-state index in [1.54, 1.807) is 0 Å². The van der Waals surface area contributed by atoms with Gasteiger partial charge in [-0.05, 0) is 44.1 Å². The lowest BCUT2D eigenvalue weighted by Crippen LogP contribution is -2.45. The van der Waals surface area contributed by atoms with Crippen LogP contribution in [0.15, 0.2) is 24.3 Å². The molecular formula is C14H23N3. The number of hydrogen-bond donors (Lipinski definition) is 1. The van der Waals surface area contributed by atoms with Gasteiger partial charge in [-0.1, -0.05) is 12.1 Å². The molecule has 1 aromatic rings. The molecular weight excluding hydrogens is 210 g/mol. The lowest BCUT2D eigenvalue weighted by molar-refractivity contribution is 0.248. The molecule has 1 fully saturated rings. The van der Waals surface area contributed by atoms with Gasteiger partial charge in [0.2, 0.25) is 0 Å². The third kappa shape index (κ3) is 2.99. The van der Waals surface area contributed by atoms with E-state index in [0.29, 0.717) is 12.6 Å². The number of likely N-dealkylation sites (N-methyl/N-ethyl adjacent to an activating group) is 2. The summed E-state index contributed by atoms with van der Waals surface area (Å²) < 4.78 is 0. The van der Waals surface area contributed by atoms with Gasteiger partial charge in [-0.15, -0.1) is 0 Å². The van der Waals surface area contributed by atoms with E-state index in [1.165, 1.54) is 30.6 Å². The molecule has 3 nitrogen and oxygen atoms in total. The highest BCUT2D eigenvalue weighted by Crippen LogP contribution is 2.21. The van der Waals surface area contributed by atoms with Crippen LogP contribution in [0.1, 0.15) is 18.4 Å². The van der Waals surface area contributed by atoms with Crippen LogP contribution in [-0.4, -0.2) is 38.1 Å². The quantitative estimate of drug-likeness (QED) is 0.862. The first kappa shape index (κ1) is 12.4. The molecule has 94 valence electrons. The summed E-state index contributed by atoms with van der Waals surface area (Å²) in [5, 5.41) is 0. The number of benzene rings is 1. The van der Waals surface area contributed by atoms with Gasteiger partial charge in [0.05, 0.1) is 0 Å². The maximum atomic E-state index is 5.62. The van der Waals surface area contributed by atoms with Crippen LogP contribution in [0.5, 0.6) is 0 Å². The van der Waals surface area contributed by atoms with Gasteiger partial charge in [0.15, 0.2) is 0 Å². The second-order valence-electron chi connectivity index (χ2n) is 5.04. The minimum atomic E-state index is 0.621. The van der Waals surface area contributed by atoms with Crippen LogP contribution in [-0.2, 0) is 6.54 Å². The van der Waals surface area contributed by atoms with Crippen LogP contribution < -0.4 is 10.6 Å². The molecule has 0 aliphatic carbocycles. The van der Waals surface area contributed by atoms with Gasteiger partial charge in [0.1, 0.15) is 0 Å². The fraction of sp³-hybridized carbons (Fsp3) is 0.571. The van der Waals surface area contributed by atoms with E-state index in [1.807, 2.05) is 0 Å². The van der Waals surface area contributed by atoms with Crippen molar-refractivity contribution in [2.75, 3.05) is 32.1 Å². The van der Waals surface area contributed by atoms with Crippen LogP contribution in [0.3, 0.4) is 0 Å². The molecule has 17 heavy (non-hydrogen) atoms. The molecule has 1 aliphatic rings. The van der Waals surface area contributed by atoms with Crippen molar-refractivity contribution in [1.29, 1.82) is 0 Å². The standard InChI is InChI=1S/C14H23N3/c1-16-9-3-4-14(11-16)17(2)13-7-5-12(10-15)6-8-13/h5-8,14H,3-4,9-11,15H2,1-2H3. The highest BCUT2D eigenvalue weighted by molar-refractivity contribution is 5.48. The van der Waals surface area contributed by atoms with Crippen LogP contribution in [0.4, 0.5) is 5.69 Å². The molecule has 0 radical (unpaired) electrons. The highest BCUT2D eigenvalue weighted by atomic mass is 15.2. The number of likely N-dealkylation sites (tertiary alicyclic amines) is 1. The fourth-order valence-corrected chi connectivity index (χ4v) is 2.53. The van der Waals surface area contributed by atoms with E-state index in [0.717, 1.165) is 6.54 Å². The topological polar surface area (TPSA) is 32.5 Å². The summed E-state index contributed by atoms with van der Waals surface area (Å²) in [5.41, 5.74) is 8.11. The summed E-state index contributed by atoms with van der Waals surface area (Å²) >= 11 is 0. The average Bonchev–Trinajstić information content (AvgIpc) is 2.38. The predicted octanol–water partition coefficient (Wildman–Crippen LogP) is 1.68. The fourth-order valence-electron chi connectivity index (χ4n) is 2.53. The Bertz CT molecular complexity index is 347. The molecule has 1 unspecified atom stereocenters. The van der Waals surface area contributed by atoms with Crippen molar-refractivity contribution in [2.45, 2.75) is 25.4 Å². The second-order valence-corrected chi connectivity index (χ2v) is 5.04. The lowest BCUT2D eigenvalue weighted by atomic mass is 10.0. The smallest absolute Gasteiger partial charge is 0.0414 e. The van der Waals surface area contributed by atoms with Gasteiger partial charge in [-0.25, -0.2) is 0 Å². The Labute approximate surface area is 104 Å². The molecule has 2 N–H and O–H groups in total. The Balaban J connectivity index is 2.04. The van der Waals surface area contributed by atoms with Crippen LogP contribution in [0.2, 0.25) is 0 Å². The van der Waals surface area contributed by atoms with E-state index in [9.17, 15) is 0 Å². The summed E-state index contributed by atoms with van der Waals surface area (Å²) in [5.74, 6) is 0. The third-order valence-corrected chi connectivity index (χ3v) is 3.73. The number of nitrogens with zero attached hydrogens (tertiary/aromatic N) is 2. The summed E-state index contributed by atoms with van der Waals surface area (Å²) in [4.78, 5) is 4.81. The molecule has 0 aromatic heterocycles. The molecule has 1 saturated heterocycles. The Morgan fingerprint density at radius 3 is 2.65 bits per heavy atom. The molecule has 2 rings (SSSR count). The van der Waals surface area contributed by atoms with Crippen LogP contribution >= 0.6 is 0 Å². The molecule has 1 heterocycles. The minimum absolute atomic E-state index is 0.621. The number of piperidine rings is 1. The van der Waals surface area contributed by atoms with Crippen molar-refractivity contribution in [1.82, 2.24) is 4.90 Å². The molecule has 1 atom stereocenters. The van der Waals surface area contributed by atoms with E-state index >= 15 is 0 Å². The zero-order valence-corrected chi connectivity index (χ0v) is 10.9. The number of hydrogen-bond acceptors (Lipinski definition) is 3. The monoisotopic (exact) mass is 233 g/mol. The van der Waals surface area contributed by atoms with Gasteiger partial charge < -0.3 is 15.5 Å². The zero-order chi connectivity index (χ0) is 12.3. The van der Waals surface area contributed by atoms with Crippen molar-refractivity contribution in [2.24, 2.45) is 5.73 Å². The van der Waals surface area contributed by atoms with Gasteiger partial charge >= 0.3 is 0 Å². The average molecular weight is 233 g/mol. The Hall–Kier alpha value is -1.06. The number of nitrogens with two attached hydrogens (primary N) is 1. The van der Waals surface area contributed by atoms with Gasteiger partial charge in [0, 0.05) is 31.9 Å². The van der Waals surface area contributed by atoms with Gasteiger partial charge in [-0.3, -0.25) is 0 Å². The molecule has 0 spiro atoms. The molecule has 0 bridgehead atoms. The second kappa shape index (κ2) is 5.52. The molecule has 0 saturated carbocycles. The normalized spacial score (nSPS) is 21.5. The lowest BCUT2D eigenvalue weighted by Gasteiger charge is -2.37. The molecule has 0 amide bonds. The SMILES string of the molecule is CN1CCCC(N(C)c2ccc(CN)cc2)C1. The first-order valence-corrected chi connectivity index (χ1v) is 6.41. The van der Waals surface area contributed by atoms with Crippen LogP contribution in [0, 0.1) is 0 Å². The number of rotatable bonds is 3. The molecule has 1 aromatic carbocycles.